The Morgan fingerprint density at radius 3 is 1.77 bits per heavy atom. The molecular formula is C22H45FN2O6. The van der Waals surface area contributed by atoms with Crippen molar-refractivity contribution in [2.24, 2.45) is 5.92 Å². The summed E-state index contributed by atoms with van der Waals surface area (Å²) in [6.45, 7) is 14.7. The number of rotatable bonds is 22. The number of halogens is 1. The zero-order valence-corrected chi connectivity index (χ0v) is 20.1. The van der Waals surface area contributed by atoms with Gasteiger partial charge in [0.2, 0.25) is 5.91 Å². The molecule has 0 aromatic heterocycles. The van der Waals surface area contributed by atoms with Gasteiger partial charge in [-0.2, -0.15) is 0 Å². The van der Waals surface area contributed by atoms with Gasteiger partial charge in [0.05, 0.1) is 72.1 Å². The third kappa shape index (κ3) is 19.6. The lowest BCUT2D eigenvalue weighted by molar-refractivity contribution is -0.124. The SMILES string of the molecule is CCC(C)NCCOCCOCCOCCOCCOC(C)C(F)CNC(=O)C(C)C. The molecule has 0 spiro atoms. The van der Waals surface area contributed by atoms with E-state index in [0.29, 0.717) is 58.9 Å². The molecule has 0 rings (SSSR count). The molecule has 0 radical (unpaired) electrons. The van der Waals surface area contributed by atoms with Crippen LogP contribution in [0.15, 0.2) is 0 Å². The van der Waals surface area contributed by atoms with Gasteiger partial charge in [-0.1, -0.05) is 20.8 Å². The van der Waals surface area contributed by atoms with Crippen molar-refractivity contribution in [2.75, 3.05) is 72.6 Å². The molecule has 0 aliphatic rings. The molecule has 31 heavy (non-hydrogen) atoms. The molecule has 0 fully saturated rings. The van der Waals surface area contributed by atoms with Crippen LogP contribution in [0.2, 0.25) is 0 Å². The Balaban J connectivity index is 3.31. The summed E-state index contributed by atoms with van der Waals surface area (Å²) in [7, 11) is 0. The van der Waals surface area contributed by atoms with Crippen LogP contribution in [0.4, 0.5) is 4.39 Å². The van der Waals surface area contributed by atoms with E-state index in [2.05, 4.69) is 24.5 Å². The van der Waals surface area contributed by atoms with E-state index in [-0.39, 0.29) is 25.0 Å². The lowest BCUT2D eigenvalue weighted by Gasteiger charge is -2.18. The largest absolute Gasteiger partial charge is 0.378 e. The monoisotopic (exact) mass is 452 g/mol. The number of hydrogen-bond donors (Lipinski definition) is 2. The number of ether oxygens (including phenoxy) is 5. The Morgan fingerprint density at radius 2 is 1.29 bits per heavy atom. The van der Waals surface area contributed by atoms with E-state index in [0.717, 1.165) is 13.0 Å². The minimum absolute atomic E-state index is 0.0451. The summed E-state index contributed by atoms with van der Waals surface area (Å²) < 4.78 is 41.0. The van der Waals surface area contributed by atoms with E-state index in [1.165, 1.54) is 0 Å². The van der Waals surface area contributed by atoms with Crippen LogP contribution in [0.5, 0.6) is 0 Å². The Bertz CT molecular complexity index is 417. The third-order valence-electron chi connectivity index (χ3n) is 4.58. The minimum atomic E-state index is -1.25. The number of amides is 1. The highest BCUT2D eigenvalue weighted by molar-refractivity contribution is 5.77. The molecule has 2 N–H and O–H groups in total. The summed E-state index contributed by atoms with van der Waals surface area (Å²) in [6, 6.07) is 0.523. The van der Waals surface area contributed by atoms with Gasteiger partial charge in [-0.25, -0.2) is 4.39 Å². The van der Waals surface area contributed by atoms with Crippen molar-refractivity contribution >= 4 is 5.91 Å². The second-order valence-electron chi connectivity index (χ2n) is 7.70. The summed E-state index contributed by atoms with van der Waals surface area (Å²) in [6.07, 6.45) is -0.746. The van der Waals surface area contributed by atoms with Gasteiger partial charge in [0.1, 0.15) is 6.17 Å². The summed E-state index contributed by atoms with van der Waals surface area (Å²) in [5.74, 6) is -0.325. The van der Waals surface area contributed by atoms with Crippen LogP contribution < -0.4 is 10.6 Å². The average Bonchev–Trinajstić information content (AvgIpc) is 2.76. The normalized spacial score (nSPS) is 14.5. The maximum Gasteiger partial charge on any atom is 0.222 e. The summed E-state index contributed by atoms with van der Waals surface area (Å²) in [5, 5.41) is 5.92. The van der Waals surface area contributed by atoms with Crippen molar-refractivity contribution in [3.8, 4) is 0 Å². The number of hydrogen-bond acceptors (Lipinski definition) is 7. The van der Waals surface area contributed by atoms with Crippen LogP contribution in [0.25, 0.3) is 0 Å². The van der Waals surface area contributed by atoms with Gasteiger partial charge in [-0.05, 0) is 20.3 Å². The van der Waals surface area contributed by atoms with Gasteiger partial charge >= 0.3 is 0 Å². The first-order valence-electron chi connectivity index (χ1n) is 11.5. The molecule has 0 aliphatic heterocycles. The van der Waals surface area contributed by atoms with Gasteiger partial charge in [0.15, 0.2) is 0 Å². The van der Waals surface area contributed by atoms with Crippen LogP contribution in [-0.2, 0) is 28.5 Å². The Hall–Kier alpha value is -0.840. The second kappa shape index (κ2) is 21.0. The number of nitrogens with one attached hydrogen (secondary N) is 2. The molecule has 0 saturated carbocycles. The molecule has 3 atom stereocenters. The predicted octanol–water partition coefficient (Wildman–Crippen LogP) is 1.96. The average molecular weight is 453 g/mol. The van der Waals surface area contributed by atoms with Crippen molar-refractivity contribution in [3.63, 3.8) is 0 Å². The Labute approximate surface area is 187 Å². The van der Waals surface area contributed by atoms with E-state index in [1.54, 1.807) is 20.8 Å². The Kier molecular flexibility index (Phi) is 20.5. The highest BCUT2D eigenvalue weighted by atomic mass is 19.1. The van der Waals surface area contributed by atoms with Crippen LogP contribution >= 0.6 is 0 Å². The summed E-state index contributed by atoms with van der Waals surface area (Å²) in [4.78, 5) is 11.4. The van der Waals surface area contributed by atoms with Gasteiger partial charge < -0.3 is 34.3 Å². The van der Waals surface area contributed by atoms with Crippen LogP contribution in [0, 0.1) is 5.92 Å². The zero-order chi connectivity index (χ0) is 23.3. The van der Waals surface area contributed by atoms with Crippen molar-refractivity contribution in [1.29, 1.82) is 0 Å². The van der Waals surface area contributed by atoms with Gasteiger partial charge in [-0.15, -0.1) is 0 Å². The minimum Gasteiger partial charge on any atom is -0.378 e. The maximum absolute atomic E-state index is 13.9. The Morgan fingerprint density at radius 1 is 0.806 bits per heavy atom. The molecule has 0 aromatic carbocycles. The lowest BCUT2D eigenvalue weighted by atomic mass is 10.2. The van der Waals surface area contributed by atoms with Crippen molar-refractivity contribution in [2.45, 2.75) is 59.4 Å². The molecule has 0 saturated heterocycles. The van der Waals surface area contributed by atoms with Gasteiger partial charge in [0.25, 0.3) is 0 Å². The third-order valence-corrected chi connectivity index (χ3v) is 4.58. The first-order chi connectivity index (χ1) is 14.9. The van der Waals surface area contributed by atoms with Crippen molar-refractivity contribution in [1.82, 2.24) is 10.6 Å². The molecule has 0 heterocycles. The van der Waals surface area contributed by atoms with E-state index < -0.39 is 12.3 Å². The van der Waals surface area contributed by atoms with Crippen molar-refractivity contribution in [3.05, 3.63) is 0 Å². The van der Waals surface area contributed by atoms with E-state index in [9.17, 15) is 9.18 Å². The first-order valence-corrected chi connectivity index (χ1v) is 11.5. The number of alkyl halides is 1. The molecule has 8 nitrogen and oxygen atoms in total. The molecule has 186 valence electrons. The first kappa shape index (κ1) is 30.2. The van der Waals surface area contributed by atoms with Crippen LogP contribution in [-0.4, -0.2) is 96.8 Å². The van der Waals surface area contributed by atoms with Gasteiger partial charge in [-0.3, -0.25) is 4.79 Å². The van der Waals surface area contributed by atoms with E-state index in [4.69, 9.17) is 23.7 Å². The van der Waals surface area contributed by atoms with Crippen LogP contribution in [0.3, 0.4) is 0 Å². The fourth-order valence-electron chi connectivity index (χ4n) is 2.25. The molecule has 1 amide bonds. The molecule has 3 unspecified atom stereocenters. The predicted molar refractivity (Wildman–Crippen MR) is 119 cm³/mol. The molecule has 0 aromatic rings. The molecule has 0 bridgehead atoms. The topological polar surface area (TPSA) is 87.3 Å². The number of carbonyl (C=O) groups is 1. The van der Waals surface area contributed by atoms with Crippen LogP contribution in [0.1, 0.15) is 41.0 Å². The fraction of sp³-hybridized carbons (Fsp3) is 0.955. The fourth-order valence-corrected chi connectivity index (χ4v) is 2.25. The smallest absolute Gasteiger partial charge is 0.222 e. The van der Waals surface area contributed by atoms with Gasteiger partial charge in [0, 0.05) is 18.5 Å². The zero-order valence-electron chi connectivity index (χ0n) is 20.1. The lowest BCUT2D eigenvalue weighted by Crippen LogP contribution is -2.38. The highest BCUT2D eigenvalue weighted by Gasteiger charge is 2.18. The molecule has 0 aliphatic carbocycles. The highest BCUT2D eigenvalue weighted by Crippen LogP contribution is 2.03. The molecule has 9 heteroatoms. The van der Waals surface area contributed by atoms with E-state index >= 15 is 0 Å². The van der Waals surface area contributed by atoms with Crippen molar-refractivity contribution < 1.29 is 32.9 Å². The van der Waals surface area contributed by atoms with E-state index in [1.807, 2.05) is 0 Å². The number of carbonyl (C=O) groups excluding carboxylic acids is 1. The second-order valence-corrected chi connectivity index (χ2v) is 7.70. The summed E-state index contributed by atoms with van der Waals surface area (Å²) >= 11 is 0. The molecular weight excluding hydrogens is 407 g/mol. The standard InChI is InChI=1S/C22H45FN2O6/c1-6-19(4)24-7-8-27-9-10-28-11-12-29-13-14-30-15-16-31-20(5)21(23)17-25-22(26)18(2)3/h18-21,24H,6-17H2,1-5H3,(H,25,26). The summed E-state index contributed by atoms with van der Waals surface area (Å²) in [5.41, 5.74) is 0. The maximum atomic E-state index is 13.9. The quantitative estimate of drug-likeness (QED) is 0.243.